The van der Waals surface area contributed by atoms with E-state index in [9.17, 15) is 4.39 Å². The van der Waals surface area contributed by atoms with Crippen LogP contribution in [-0.2, 0) is 0 Å². The highest BCUT2D eigenvalue weighted by Gasteiger charge is 2.47. The molecule has 2 aliphatic carbocycles. The number of nitrogens with two attached hydrogens (primary N) is 1. The zero-order valence-electron chi connectivity index (χ0n) is 16.8. The average Bonchev–Trinajstić information content (AvgIpc) is 3.05. The number of fused-ring (bicyclic) bond motifs is 1. The van der Waals surface area contributed by atoms with Gasteiger partial charge in [-0.25, -0.2) is 4.39 Å². The number of hydrogen-bond acceptors (Lipinski definition) is 3. The minimum Gasteiger partial charge on any atom is -0.324 e. The Hall–Kier alpha value is -2.59. The van der Waals surface area contributed by atoms with Crippen molar-refractivity contribution < 1.29 is 4.39 Å². The van der Waals surface area contributed by atoms with Crippen LogP contribution in [0.15, 0.2) is 71.2 Å². The third-order valence-corrected chi connectivity index (χ3v) is 6.79. The number of nitrogens with one attached hydrogen (secondary N) is 1. The van der Waals surface area contributed by atoms with Gasteiger partial charge in [-0.05, 0) is 72.9 Å². The van der Waals surface area contributed by atoms with E-state index in [1.807, 2.05) is 18.2 Å². The molecule has 3 nitrogen and oxygen atoms in total. The zero-order valence-corrected chi connectivity index (χ0v) is 16.8. The van der Waals surface area contributed by atoms with Crippen LogP contribution in [0.25, 0.3) is 0 Å². The van der Waals surface area contributed by atoms with E-state index in [2.05, 4.69) is 25.1 Å². The fraction of sp³-hybridized carbons (Fsp3) is 0.360. The Bertz CT molecular complexity index is 932. The molecule has 0 bridgehead atoms. The second kappa shape index (κ2) is 8.03. The predicted molar refractivity (Wildman–Crippen MR) is 117 cm³/mol. The Morgan fingerprint density at radius 1 is 1.21 bits per heavy atom. The van der Waals surface area contributed by atoms with Gasteiger partial charge in [-0.1, -0.05) is 42.8 Å². The lowest BCUT2D eigenvalue weighted by Crippen LogP contribution is -2.35. The highest BCUT2D eigenvalue weighted by atomic mass is 19.1. The van der Waals surface area contributed by atoms with Crippen LogP contribution in [-0.4, -0.2) is 11.9 Å². The van der Waals surface area contributed by atoms with Gasteiger partial charge in [0.25, 0.3) is 0 Å². The number of benzene rings is 2. The van der Waals surface area contributed by atoms with Gasteiger partial charge >= 0.3 is 0 Å². The maximum atomic E-state index is 13.2. The Morgan fingerprint density at radius 3 is 2.62 bits per heavy atom. The summed E-state index contributed by atoms with van der Waals surface area (Å²) in [6.45, 7) is 2.33. The van der Waals surface area contributed by atoms with Gasteiger partial charge in [0.1, 0.15) is 5.82 Å². The highest BCUT2D eigenvalue weighted by molar-refractivity contribution is 6.07. The lowest BCUT2D eigenvalue weighted by Gasteiger charge is -2.40. The van der Waals surface area contributed by atoms with Gasteiger partial charge in [-0.3, -0.25) is 4.99 Å². The molecule has 4 rings (SSSR count). The molecule has 2 aromatic rings. The maximum Gasteiger partial charge on any atom is 0.123 e. The molecule has 0 saturated heterocycles. The normalized spacial score (nSPS) is 28.7. The van der Waals surface area contributed by atoms with Crippen LogP contribution in [0, 0.1) is 28.5 Å². The van der Waals surface area contributed by atoms with E-state index in [-0.39, 0.29) is 23.2 Å². The van der Waals surface area contributed by atoms with E-state index in [1.165, 1.54) is 29.5 Å². The lowest BCUT2D eigenvalue weighted by atomic mass is 9.65. The van der Waals surface area contributed by atoms with Crippen LogP contribution >= 0.6 is 0 Å². The topological polar surface area (TPSA) is 62.2 Å². The summed E-state index contributed by atoms with van der Waals surface area (Å²) >= 11 is 0. The summed E-state index contributed by atoms with van der Waals surface area (Å²) in [7, 11) is 0. The Labute approximate surface area is 172 Å². The maximum absolute atomic E-state index is 13.2. The van der Waals surface area contributed by atoms with Gasteiger partial charge in [0.05, 0.1) is 5.69 Å². The zero-order chi connectivity index (χ0) is 20.4. The van der Waals surface area contributed by atoms with Crippen LogP contribution in [0.2, 0.25) is 0 Å². The molecule has 0 aliphatic heterocycles. The summed E-state index contributed by atoms with van der Waals surface area (Å²) in [4.78, 5) is 4.73. The van der Waals surface area contributed by atoms with E-state index in [4.69, 9.17) is 16.1 Å². The first-order valence-corrected chi connectivity index (χ1v) is 10.4. The summed E-state index contributed by atoms with van der Waals surface area (Å²) in [5, 5.41) is 7.99. The molecular weight excluding hydrogens is 361 g/mol. The van der Waals surface area contributed by atoms with Crippen LogP contribution in [0.1, 0.15) is 44.2 Å². The number of aliphatic imine (C=N–C) groups is 1. The number of rotatable bonds is 5. The molecule has 4 heteroatoms. The monoisotopic (exact) mass is 389 g/mol. The van der Waals surface area contributed by atoms with Gasteiger partial charge in [-0.15, -0.1) is 0 Å². The van der Waals surface area contributed by atoms with Gasteiger partial charge in [0.15, 0.2) is 0 Å². The molecule has 2 aromatic carbocycles. The van der Waals surface area contributed by atoms with Gasteiger partial charge in [-0.2, -0.15) is 0 Å². The highest BCUT2D eigenvalue weighted by Crippen LogP contribution is 2.55. The second-order valence-corrected chi connectivity index (χ2v) is 8.57. The first kappa shape index (κ1) is 19.7. The van der Waals surface area contributed by atoms with Crippen molar-refractivity contribution in [1.29, 1.82) is 5.41 Å². The molecule has 0 spiro atoms. The smallest absolute Gasteiger partial charge is 0.123 e. The number of allylic oxidation sites excluding steroid dienone is 2. The average molecular weight is 390 g/mol. The molecule has 0 amide bonds. The molecule has 4 unspecified atom stereocenters. The Balaban J connectivity index is 1.59. The molecule has 4 atom stereocenters. The predicted octanol–water partition coefficient (Wildman–Crippen LogP) is 6.00. The van der Waals surface area contributed by atoms with Crippen LogP contribution < -0.4 is 5.73 Å². The van der Waals surface area contributed by atoms with Crippen molar-refractivity contribution in [2.75, 3.05) is 0 Å². The van der Waals surface area contributed by atoms with E-state index < -0.39 is 0 Å². The number of nitrogens with zero attached hydrogens (tertiary/aromatic N) is 1. The Kier molecular flexibility index (Phi) is 5.46. The van der Waals surface area contributed by atoms with Gasteiger partial charge < -0.3 is 11.1 Å². The quantitative estimate of drug-likeness (QED) is 0.605. The molecule has 0 heterocycles. The SMILES string of the molecule is CC12CC(C=N)C(=Nc3ccc(F)cc3)C=C1CCC2CC(N)c1ccccc1. The van der Waals surface area contributed by atoms with E-state index in [1.54, 1.807) is 12.1 Å². The van der Waals surface area contributed by atoms with E-state index in [0.29, 0.717) is 5.92 Å². The molecule has 29 heavy (non-hydrogen) atoms. The standard InChI is InChI=1S/C25H28FN3/c1-25-15-18(16-27)24(29-22-11-9-21(26)10-12-22)14-20(25)8-7-19(25)13-23(28)17-5-3-2-4-6-17/h2-6,9-12,14,16,18-19,23,27H,7-8,13,15,28H2,1H3. The van der Waals surface area contributed by atoms with Crippen molar-refractivity contribution in [3.63, 3.8) is 0 Å². The Morgan fingerprint density at radius 2 is 1.93 bits per heavy atom. The number of halogens is 1. The van der Waals surface area contributed by atoms with E-state index >= 15 is 0 Å². The van der Waals surface area contributed by atoms with Crippen molar-refractivity contribution in [2.45, 2.75) is 38.6 Å². The largest absolute Gasteiger partial charge is 0.324 e. The summed E-state index contributed by atoms with van der Waals surface area (Å²) in [6.07, 6.45) is 7.71. The van der Waals surface area contributed by atoms with Gasteiger partial charge in [0.2, 0.25) is 0 Å². The van der Waals surface area contributed by atoms with Crippen molar-refractivity contribution in [1.82, 2.24) is 0 Å². The van der Waals surface area contributed by atoms with Crippen LogP contribution in [0.4, 0.5) is 10.1 Å². The van der Waals surface area contributed by atoms with Crippen molar-refractivity contribution in [2.24, 2.45) is 28.0 Å². The summed E-state index contributed by atoms with van der Waals surface area (Å²) in [6, 6.07) is 16.6. The third kappa shape index (κ3) is 3.95. The fourth-order valence-corrected chi connectivity index (χ4v) is 5.02. The summed E-state index contributed by atoms with van der Waals surface area (Å²) in [5.74, 6) is 0.210. The lowest BCUT2D eigenvalue weighted by molar-refractivity contribution is 0.220. The number of hydrogen-bond donors (Lipinski definition) is 2. The first-order valence-electron chi connectivity index (χ1n) is 10.4. The molecular formula is C25H28FN3. The van der Waals surface area contributed by atoms with E-state index in [0.717, 1.165) is 37.1 Å². The molecule has 0 aromatic heterocycles. The molecule has 1 fully saturated rings. The second-order valence-electron chi connectivity index (χ2n) is 8.57. The minimum absolute atomic E-state index is 0.0256. The first-order chi connectivity index (χ1) is 14.0. The molecule has 0 radical (unpaired) electrons. The van der Waals surface area contributed by atoms with Crippen LogP contribution in [0.3, 0.4) is 0 Å². The van der Waals surface area contributed by atoms with Crippen molar-refractivity contribution in [3.8, 4) is 0 Å². The minimum atomic E-state index is -0.263. The van der Waals surface area contributed by atoms with Crippen LogP contribution in [0.5, 0.6) is 0 Å². The molecule has 3 N–H and O–H groups in total. The summed E-state index contributed by atoms with van der Waals surface area (Å²) in [5.41, 5.74) is 10.8. The summed E-state index contributed by atoms with van der Waals surface area (Å²) < 4.78 is 13.2. The van der Waals surface area contributed by atoms with Crippen molar-refractivity contribution in [3.05, 3.63) is 77.6 Å². The third-order valence-electron chi connectivity index (χ3n) is 6.79. The molecule has 150 valence electrons. The van der Waals surface area contributed by atoms with Crippen molar-refractivity contribution >= 4 is 17.6 Å². The van der Waals surface area contributed by atoms with Gasteiger partial charge in [0, 0.05) is 23.9 Å². The molecule has 1 saturated carbocycles. The molecule has 2 aliphatic rings. The fourth-order valence-electron chi connectivity index (χ4n) is 5.02.